The number of aryl methyl sites for hydroxylation is 1. The van der Waals surface area contributed by atoms with E-state index in [1.165, 1.54) is 55.6 Å². The molecule has 0 unspecified atom stereocenters. The predicted octanol–water partition coefficient (Wildman–Crippen LogP) is 13.8. The topological polar surface area (TPSA) is 38.7 Å². The molecule has 0 atom stereocenters. The Balaban J connectivity index is 1.19. The molecule has 56 heavy (non-hydrogen) atoms. The minimum absolute atomic E-state index is 0.628. The molecule has 0 amide bonds. The maximum atomic E-state index is 5.13. The highest BCUT2D eigenvalue weighted by molar-refractivity contribution is 5.98. The van der Waals surface area contributed by atoms with Crippen LogP contribution in [0.2, 0.25) is 0 Å². The summed E-state index contributed by atoms with van der Waals surface area (Å²) in [5, 5.41) is 0. The van der Waals surface area contributed by atoms with Crippen molar-refractivity contribution in [1.82, 2.24) is 15.0 Å². The first kappa shape index (κ1) is 34.5. The van der Waals surface area contributed by atoms with E-state index in [0.29, 0.717) is 17.5 Å². The first-order valence-corrected chi connectivity index (χ1v) is 19.0. The number of benzene rings is 8. The second kappa shape index (κ2) is 15.3. The van der Waals surface area contributed by atoms with Gasteiger partial charge in [-0.05, 0) is 98.8 Å². The monoisotopic (exact) mass is 717 g/mol. The summed E-state index contributed by atoms with van der Waals surface area (Å²) in [4.78, 5) is 15.2. The summed E-state index contributed by atoms with van der Waals surface area (Å²) in [6, 6.07) is 70.5. The third-order valence-electron chi connectivity index (χ3n) is 10.6. The zero-order valence-electron chi connectivity index (χ0n) is 31.4. The Morgan fingerprint density at radius 3 is 1.23 bits per heavy atom. The van der Waals surface area contributed by atoms with Crippen LogP contribution in [0.25, 0.3) is 89.8 Å². The molecule has 0 fully saturated rings. The van der Waals surface area contributed by atoms with Gasteiger partial charge in [-0.2, -0.15) is 0 Å². The molecule has 0 saturated carbocycles. The van der Waals surface area contributed by atoms with Gasteiger partial charge in [0.2, 0.25) is 0 Å². The van der Waals surface area contributed by atoms with Gasteiger partial charge in [0.05, 0.1) is 0 Å². The molecule has 0 N–H and O–H groups in total. The lowest BCUT2D eigenvalue weighted by Gasteiger charge is -2.19. The third-order valence-corrected chi connectivity index (χ3v) is 10.6. The summed E-state index contributed by atoms with van der Waals surface area (Å²) in [5.41, 5.74) is 17.0. The first-order chi connectivity index (χ1) is 27.6. The molecule has 3 heteroatoms. The normalized spacial score (nSPS) is 11.0. The molecule has 0 radical (unpaired) electrons. The van der Waals surface area contributed by atoms with E-state index in [-0.39, 0.29) is 0 Å². The fourth-order valence-electron chi connectivity index (χ4n) is 7.47. The third kappa shape index (κ3) is 6.95. The van der Waals surface area contributed by atoms with E-state index in [1.54, 1.807) is 0 Å². The summed E-state index contributed by atoms with van der Waals surface area (Å²) in [6.07, 6.45) is 0. The van der Waals surface area contributed by atoms with Gasteiger partial charge in [-0.3, -0.25) is 0 Å². The van der Waals surface area contributed by atoms with Crippen molar-refractivity contribution in [3.05, 3.63) is 211 Å². The SMILES string of the molecule is Cc1cccc(-c2cccc(-c3nc(-c4ccccc4)nc(-c4ccc(-c5c(-c6ccccc6)cc(-c6ccccc6)cc5-c5ccccc5)cc4)n3)c2)c1C. The van der Waals surface area contributed by atoms with Crippen LogP contribution < -0.4 is 0 Å². The van der Waals surface area contributed by atoms with Gasteiger partial charge in [0.25, 0.3) is 0 Å². The van der Waals surface area contributed by atoms with Crippen molar-refractivity contribution in [3.63, 3.8) is 0 Å². The molecule has 1 aromatic heterocycles. The molecule has 0 bridgehead atoms. The highest BCUT2D eigenvalue weighted by Crippen LogP contribution is 2.44. The van der Waals surface area contributed by atoms with Crippen molar-refractivity contribution in [2.45, 2.75) is 13.8 Å². The van der Waals surface area contributed by atoms with E-state index in [9.17, 15) is 0 Å². The van der Waals surface area contributed by atoms with Crippen molar-refractivity contribution in [3.8, 4) is 89.8 Å². The van der Waals surface area contributed by atoms with E-state index in [0.717, 1.165) is 27.8 Å². The van der Waals surface area contributed by atoms with Crippen LogP contribution in [0.1, 0.15) is 11.1 Å². The molecular formula is C53H39N3. The molecule has 0 aliphatic heterocycles. The summed E-state index contributed by atoms with van der Waals surface area (Å²) < 4.78 is 0. The predicted molar refractivity (Wildman–Crippen MR) is 233 cm³/mol. The van der Waals surface area contributed by atoms with Gasteiger partial charge in [0, 0.05) is 16.7 Å². The largest absolute Gasteiger partial charge is 0.208 e. The molecule has 0 saturated heterocycles. The molecule has 1 heterocycles. The van der Waals surface area contributed by atoms with Crippen molar-refractivity contribution < 1.29 is 0 Å². The van der Waals surface area contributed by atoms with Crippen LogP contribution in [0.5, 0.6) is 0 Å². The Morgan fingerprint density at radius 2 is 0.679 bits per heavy atom. The second-order valence-corrected chi connectivity index (χ2v) is 14.1. The number of aromatic nitrogens is 3. The molecule has 3 nitrogen and oxygen atoms in total. The van der Waals surface area contributed by atoms with Crippen LogP contribution in [0.4, 0.5) is 0 Å². The first-order valence-electron chi connectivity index (χ1n) is 19.0. The fourth-order valence-corrected chi connectivity index (χ4v) is 7.47. The molecule has 9 rings (SSSR count). The van der Waals surface area contributed by atoms with Crippen molar-refractivity contribution in [2.75, 3.05) is 0 Å². The Bertz CT molecular complexity index is 2720. The number of hydrogen-bond acceptors (Lipinski definition) is 3. The van der Waals surface area contributed by atoms with Gasteiger partial charge in [0.15, 0.2) is 17.5 Å². The van der Waals surface area contributed by atoms with E-state index < -0.39 is 0 Å². The molecule has 0 aliphatic rings. The lowest BCUT2D eigenvalue weighted by Crippen LogP contribution is -2.00. The Morgan fingerprint density at radius 1 is 0.268 bits per heavy atom. The van der Waals surface area contributed by atoms with E-state index in [4.69, 9.17) is 15.0 Å². The minimum Gasteiger partial charge on any atom is -0.208 e. The number of nitrogens with zero attached hydrogens (tertiary/aromatic N) is 3. The highest BCUT2D eigenvalue weighted by atomic mass is 15.0. The van der Waals surface area contributed by atoms with Gasteiger partial charge in [-0.25, -0.2) is 15.0 Å². The van der Waals surface area contributed by atoms with Gasteiger partial charge >= 0.3 is 0 Å². The van der Waals surface area contributed by atoms with Gasteiger partial charge in [0.1, 0.15) is 0 Å². The van der Waals surface area contributed by atoms with Gasteiger partial charge in [-0.1, -0.05) is 182 Å². The summed E-state index contributed by atoms with van der Waals surface area (Å²) in [7, 11) is 0. The maximum absolute atomic E-state index is 5.13. The standard InChI is InChI=1S/C53H39N3/c1-36-17-15-28-47(37(36)2)44-26-16-27-45(33-44)53-55-51(42-24-13-6-14-25-42)54-52(56-53)43-31-29-41(30-32-43)50-48(39-20-9-4-10-21-39)34-46(38-18-7-3-8-19-38)35-49(50)40-22-11-5-12-23-40/h3-35H,1-2H3. The van der Waals surface area contributed by atoms with Crippen molar-refractivity contribution >= 4 is 0 Å². The van der Waals surface area contributed by atoms with Crippen LogP contribution in [-0.4, -0.2) is 15.0 Å². The lowest BCUT2D eigenvalue weighted by molar-refractivity contribution is 1.07. The fraction of sp³-hybridized carbons (Fsp3) is 0.0377. The Kier molecular flexibility index (Phi) is 9.41. The smallest absolute Gasteiger partial charge is 0.164 e. The summed E-state index contributed by atoms with van der Waals surface area (Å²) in [6.45, 7) is 4.34. The van der Waals surface area contributed by atoms with E-state index in [2.05, 4.69) is 184 Å². The lowest BCUT2D eigenvalue weighted by atomic mass is 9.84. The van der Waals surface area contributed by atoms with Crippen LogP contribution in [-0.2, 0) is 0 Å². The zero-order valence-corrected chi connectivity index (χ0v) is 31.4. The second-order valence-electron chi connectivity index (χ2n) is 14.1. The number of rotatable bonds is 8. The van der Waals surface area contributed by atoms with Crippen LogP contribution >= 0.6 is 0 Å². The Labute approximate surface area is 328 Å². The van der Waals surface area contributed by atoms with E-state index >= 15 is 0 Å². The minimum atomic E-state index is 0.628. The van der Waals surface area contributed by atoms with Crippen molar-refractivity contribution in [2.24, 2.45) is 0 Å². The van der Waals surface area contributed by atoms with Gasteiger partial charge < -0.3 is 0 Å². The maximum Gasteiger partial charge on any atom is 0.164 e. The average molecular weight is 718 g/mol. The molecule has 0 aliphatic carbocycles. The summed E-state index contributed by atoms with van der Waals surface area (Å²) in [5.74, 6) is 1.91. The van der Waals surface area contributed by atoms with Crippen LogP contribution in [0, 0.1) is 13.8 Å². The van der Waals surface area contributed by atoms with Gasteiger partial charge in [-0.15, -0.1) is 0 Å². The molecule has 8 aromatic carbocycles. The highest BCUT2D eigenvalue weighted by Gasteiger charge is 2.19. The Hall–Kier alpha value is -7.23. The van der Waals surface area contributed by atoms with Crippen LogP contribution in [0.15, 0.2) is 200 Å². The molecule has 9 aromatic rings. The average Bonchev–Trinajstić information content (AvgIpc) is 3.28. The zero-order chi connectivity index (χ0) is 37.8. The van der Waals surface area contributed by atoms with Crippen molar-refractivity contribution in [1.29, 1.82) is 0 Å². The molecule has 0 spiro atoms. The molecular weight excluding hydrogens is 679 g/mol. The molecule has 266 valence electrons. The van der Waals surface area contributed by atoms with E-state index in [1.807, 2.05) is 30.3 Å². The van der Waals surface area contributed by atoms with Crippen LogP contribution in [0.3, 0.4) is 0 Å². The number of hydrogen-bond donors (Lipinski definition) is 0. The summed E-state index contributed by atoms with van der Waals surface area (Å²) >= 11 is 0. The quantitative estimate of drug-likeness (QED) is 0.157.